The van der Waals surface area contributed by atoms with Gasteiger partial charge in [0.1, 0.15) is 7.05 Å². The zero-order chi connectivity index (χ0) is 10.4. The minimum atomic E-state index is 1.07. The fourth-order valence-corrected chi connectivity index (χ4v) is 1.38. The number of allylic oxidation sites excluding steroid dienone is 4. The van der Waals surface area contributed by atoms with E-state index < -0.39 is 0 Å². The highest BCUT2D eigenvalue weighted by atomic mass is 14.9. The quantitative estimate of drug-likeness (QED) is 0.507. The molecule has 0 aliphatic heterocycles. The molecule has 0 aromatic carbocycles. The maximum absolute atomic E-state index is 2.25. The maximum Gasteiger partial charge on any atom is 0.169 e. The summed E-state index contributed by atoms with van der Waals surface area (Å²) >= 11 is 0. The molecule has 14 heavy (non-hydrogen) atoms. The molecule has 0 aliphatic rings. The van der Waals surface area contributed by atoms with Gasteiger partial charge in [0.2, 0.25) is 0 Å². The van der Waals surface area contributed by atoms with Crippen LogP contribution >= 0.6 is 0 Å². The number of pyridine rings is 1. The lowest BCUT2D eigenvalue weighted by atomic mass is 10.1. The standard InChI is InChI=1S/C13H18N/c1-4-6-12(7-5-2)13-8-10-14(3)11-9-13/h4,6-11H,5H2,1-3H3/q+1/b6-4-,12-7+. The zero-order valence-electron chi connectivity index (χ0n) is 9.20. The Bertz CT molecular complexity index is 331. The molecule has 0 fully saturated rings. The Labute approximate surface area is 86.4 Å². The van der Waals surface area contributed by atoms with Crippen molar-refractivity contribution in [3.63, 3.8) is 0 Å². The van der Waals surface area contributed by atoms with E-state index in [1.807, 2.05) is 18.5 Å². The Hall–Kier alpha value is -1.37. The van der Waals surface area contributed by atoms with Gasteiger partial charge in [-0.2, -0.15) is 0 Å². The Morgan fingerprint density at radius 1 is 1.36 bits per heavy atom. The van der Waals surface area contributed by atoms with Gasteiger partial charge < -0.3 is 0 Å². The second kappa shape index (κ2) is 5.38. The van der Waals surface area contributed by atoms with Crippen molar-refractivity contribution >= 4 is 5.57 Å². The summed E-state index contributed by atoms with van der Waals surface area (Å²) in [5.74, 6) is 0. The summed E-state index contributed by atoms with van der Waals surface area (Å²) in [7, 11) is 2.03. The third-order valence-corrected chi connectivity index (χ3v) is 2.08. The molecular formula is C13H18N+. The van der Waals surface area contributed by atoms with Gasteiger partial charge in [0.05, 0.1) is 0 Å². The summed E-state index contributed by atoms with van der Waals surface area (Å²) in [4.78, 5) is 0. The molecule has 1 aromatic heterocycles. The van der Waals surface area contributed by atoms with Crippen LogP contribution < -0.4 is 4.57 Å². The van der Waals surface area contributed by atoms with E-state index in [1.165, 1.54) is 11.1 Å². The number of aromatic nitrogens is 1. The fraction of sp³-hybridized carbons (Fsp3) is 0.308. The molecule has 0 amide bonds. The van der Waals surface area contributed by atoms with E-state index in [0.29, 0.717) is 0 Å². The SMILES string of the molecule is C/C=C\C(=C/CC)c1cc[n+](C)cc1. The lowest BCUT2D eigenvalue weighted by Gasteiger charge is -2.00. The molecule has 0 saturated heterocycles. The first-order valence-corrected chi connectivity index (χ1v) is 5.06. The van der Waals surface area contributed by atoms with Gasteiger partial charge in [-0.1, -0.05) is 25.2 Å². The molecule has 0 saturated carbocycles. The number of nitrogens with zero attached hydrogens (tertiary/aromatic N) is 1. The van der Waals surface area contributed by atoms with Crippen LogP contribution in [-0.2, 0) is 7.05 Å². The lowest BCUT2D eigenvalue weighted by Crippen LogP contribution is -2.25. The van der Waals surface area contributed by atoms with E-state index >= 15 is 0 Å². The largest absolute Gasteiger partial charge is 0.208 e. The molecule has 0 aliphatic carbocycles. The summed E-state index contributed by atoms with van der Waals surface area (Å²) in [6.45, 7) is 4.21. The smallest absolute Gasteiger partial charge is 0.169 e. The van der Waals surface area contributed by atoms with Crippen molar-refractivity contribution in [3.05, 3.63) is 48.3 Å². The highest BCUT2D eigenvalue weighted by Crippen LogP contribution is 2.14. The summed E-state index contributed by atoms with van der Waals surface area (Å²) in [6, 6.07) is 4.28. The van der Waals surface area contributed by atoms with Gasteiger partial charge in [0.25, 0.3) is 0 Å². The maximum atomic E-state index is 2.25. The molecule has 1 heteroatoms. The predicted octanol–water partition coefficient (Wildman–Crippen LogP) is 2.88. The molecule has 0 radical (unpaired) electrons. The lowest BCUT2D eigenvalue weighted by molar-refractivity contribution is -0.671. The van der Waals surface area contributed by atoms with Gasteiger partial charge >= 0.3 is 0 Å². The van der Waals surface area contributed by atoms with Crippen molar-refractivity contribution < 1.29 is 4.57 Å². The predicted molar refractivity (Wildman–Crippen MR) is 60.7 cm³/mol. The van der Waals surface area contributed by atoms with Crippen LogP contribution in [0.3, 0.4) is 0 Å². The van der Waals surface area contributed by atoms with E-state index in [1.54, 1.807) is 0 Å². The minimum absolute atomic E-state index is 1.07. The van der Waals surface area contributed by atoms with Crippen molar-refractivity contribution in [3.8, 4) is 0 Å². The molecule has 1 aromatic rings. The third-order valence-electron chi connectivity index (χ3n) is 2.08. The first-order valence-electron chi connectivity index (χ1n) is 5.06. The van der Waals surface area contributed by atoms with E-state index in [0.717, 1.165) is 6.42 Å². The summed E-state index contributed by atoms with van der Waals surface area (Å²) in [5, 5.41) is 0. The Balaban J connectivity index is 3.00. The number of hydrogen-bond acceptors (Lipinski definition) is 0. The number of aryl methyl sites for hydroxylation is 1. The summed E-state index contributed by atoms with van der Waals surface area (Å²) in [6.07, 6.45) is 11.7. The van der Waals surface area contributed by atoms with Gasteiger partial charge in [-0.25, -0.2) is 4.57 Å². The average molecular weight is 188 g/mol. The molecule has 0 bridgehead atoms. The molecular weight excluding hydrogens is 170 g/mol. The monoisotopic (exact) mass is 188 g/mol. The Kier molecular flexibility index (Phi) is 4.11. The van der Waals surface area contributed by atoms with Crippen molar-refractivity contribution in [1.29, 1.82) is 0 Å². The van der Waals surface area contributed by atoms with Gasteiger partial charge in [-0.3, -0.25) is 0 Å². The first kappa shape index (κ1) is 10.7. The van der Waals surface area contributed by atoms with Gasteiger partial charge in [0, 0.05) is 12.1 Å². The van der Waals surface area contributed by atoms with Gasteiger partial charge in [0.15, 0.2) is 12.4 Å². The zero-order valence-corrected chi connectivity index (χ0v) is 9.20. The average Bonchev–Trinajstić information content (AvgIpc) is 2.19. The fourth-order valence-electron chi connectivity index (χ4n) is 1.38. The number of hydrogen-bond donors (Lipinski definition) is 0. The molecule has 74 valence electrons. The van der Waals surface area contributed by atoms with Crippen molar-refractivity contribution in [1.82, 2.24) is 0 Å². The van der Waals surface area contributed by atoms with Crippen LogP contribution in [0.2, 0.25) is 0 Å². The van der Waals surface area contributed by atoms with Crippen LogP contribution in [0.4, 0.5) is 0 Å². The van der Waals surface area contributed by atoms with Crippen LogP contribution in [0.25, 0.3) is 5.57 Å². The second-order valence-corrected chi connectivity index (χ2v) is 3.32. The summed E-state index contributed by atoms with van der Waals surface area (Å²) < 4.78 is 2.04. The molecule has 1 rings (SSSR count). The second-order valence-electron chi connectivity index (χ2n) is 3.32. The van der Waals surface area contributed by atoms with Crippen LogP contribution in [0.5, 0.6) is 0 Å². The van der Waals surface area contributed by atoms with Crippen LogP contribution in [0.1, 0.15) is 25.8 Å². The van der Waals surface area contributed by atoms with Crippen molar-refractivity contribution in [2.24, 2.45) is 7.05 Å². The van der Waals surface area contributed by atoms with E-state index in [9.17, 15) is 0 Å². The normalized spacial score (nSPS) is 12.4. The van der Waals surface area contributed by atoms with Crippen molar-refractivity contribution in [2.75, 3.05) is 0 Å². The highest BCUT2D eigenvalue weighted by molar-refractivity contribution is 5.73. The van der Waals surface area contributed by atoms with Crippen LogP contribution in [-0.4, -0.2) is 0 Å². The Morgan fingerprint density at radius 3 is 2.50 bits per heavy atom. The first-order chi connectivity index (χ1) is 6.77. The number of rotatable bonds is 3. The van der Waals surface area contributed by atoms with Crippen LogP contribution in [0, 0.1) is 0 Å². The molecule has 0 spiro atoms. The van der Waals surface area contributed by atoms with E-state index in [4.69, 9.17) is 0 Å². The highest BCUT2D eigenvalue weighted by Gasteiger charge is 1.98. The van der Waals surface area contributed by atoms with Crippen LogP contribution in [0.15, 0.2) is 42.8 Å². The van der Waals surface area contributed by atoms with E-state index in [-0.39, 0.29) is 0 Å². The van der Waals surface area contributed by atoms with Gasteiger partial charge in [-0.05, 0) is 24.5 Å². The molecule has 0 atom stereocenters. The van der Waals surface area contributed by atoms with E-state index in [2.05, 4.69) is 49.7 Å². The topological polar surface area (TPSA) is 3.88 Å². The molecule has 1 nitrogen and oxygen atoms in total. The molecule has 1 heterocycles. The minimum Gasteiger partial charge on any atom is -0.208 e. The molecule has 0 unspecified atom stereocenters. The molecule has 0 N–H and O–H groups in total. The van der Waals surface area contributed by atoms with Gasteiger partial charge in [-0.15, -0.1) is 0 Å². The third kappa shape index (κ3) is 2.84. The van der Waals surface area contributed by atoms with Crippen molar-refractivity contribution in [2.45, 2.75) is 20.3 Å². The Morgan fingerprint density at radius 2 is 2.00 bits per heavy atom. The summed E-state index contributed by atoms with van der Waals surface area (Å²) in [5.41, 5.74) is 2.58.